The summed E-state index contributed by atoms with van der Waals surface area (Å²) in [6, 6.07) is 0. The van der Waals surface area contributed by atoms with Crippen LogP contribution in [0.4, 0.5) is 0 Å². The van der Waals surface area contributed by atoms with Crippen molar-refractivity contribution in [2.24, 2.45) is 11.8 Å². The van der Waals surface area contributed by atoms with Crippen LogP contribution in [0.15, 0.2) is 21.1 Å². The molecule has 7 heteroatoms. The van der Waals surface area contributed by atoms with Crippen molar-refractivity contribution in [2.45, 2.75) is 111 Å². The van der Waals surface area contributed by atoms with E-state index in [9.17, 15) is 0 Å². The smallest absolute Gasteiger partial charge is 0.192 e. The largest absolute Gasteiger partial charge is 0.413 e. The second-order valence-corrected chi connectivity index (χ2v) is 24.8. The van der Waals surface area contributed by atoms with Gasteiger partial charge in [0, 0.05) is 17.2 Å². The van der Waals surface area contributed by atoms with Gasteiger partial charge in [-0.3, -0.25) is 0 Å². The molecule has 2 nitrogen and oxygen atoms in total. The molecule has 0 heterocycles. The summed E-state index contributed by atoms with van der Waals surface area (Å²) in [5.41, 5.74) is 1.36. The Labute approximate surface area is 221 Å². The molecule has 0 saturated heterocycles. The van der Waals surface area contributed by atoms with E-state index in [1.807, 2.05) is 0 Å². The van der Waals surface area contributed by atoms with Crippen molar-refractivity contribution in [1.29, 1.82) is 0 Å². The molecule has 0 aliphatic heterocycles. The first kappa shape index (κ1) is 32.3. The van der Waals surface area contributed by atoms with Gasteiger partial charge in [-0.15, -0.1) is 0 Å². The molecule has 0 spiro atoms. The highest BCUT2D eigenvalue weighted by molar-refractivity contribution is 9.28. The van der Waals surface area contributed by atoms with E-state index in [1.54, 1.807) is 0 Å². The Kier molecular flexibility index (Phi) is 12.8. The lowest BCUT2D eigenvalue weighted by atomic mass is 9.85. The Morgan fingerprint density at radius 1 is 0.871 bits per heavy atom. The standard InChI is InChI=1S/C24H47Br3O2Si2/c1-17(14-15-25)18(2)22(29-31(12,13)24(7,8)9)19(3)20(16-21(26)27)28-30(10,11)23(4,5)6/h14,16,18-20,22H,15H2,1-13H3/b17-14+/t18-,19-,20+,22+/m0/s1. The molecule has 0 radical (unpaired) electrons. The number of alkyl halides is 1. The molecule has 31 heavy (non-hydrogen) atoms. The van der Waals surface area contributed by atoms with E-state index in [0.29, 0.717) is 5.92 Å². The maximum atomic E-state index is 7.11. The second-order valence-electron chi connectivity index (χ2n) is 11.9. The molecule has 0 bridgehead atoms. The van der Waals surface area contributed by atoms with Crippen molar-refractivity contribution in [3.63, 3.8) is 0 Å². The van der Waals surface area contributed by atoms with Crippen LogP contribution in [0.2, 0.25) is 36.3 Å². The Bertz CT molecular complexity index is 628. The van der Waals surface area contributed by atoms with Gasteiger partial charge in [0.2, 0.25) is 0 Å². The van der Waals surface area contributed by atoms with E-state index < -0.39 is 16.6 Å². The third-order valence-electron chi connectivity index (χ3n) is 7.41. The van der Waals surface area contributed by atoms with Gasteiger partial charge in [-0.2, -0.15) is 0 Å². The summed E-state index contributed by atoms with van der Waals surface area (Å²) >= 11 is 10.8. The summed E-state index contributed by atoms with van der Waals surface area (Å²) in [6.45, 7) is 30.0. The number of hydrogen-bond donors (Lipinski definition) is 0. The van der Waals surface area contributed by atoms with Crippen molar-refractivity contribution in [3.05, 3.63) is 21.1 Å². The summed E-state index contributed by atoms with van der Waals surface area (Å²) in [5, 5.41) is 1.16. The normalized spacial score (nSPS) is 18.4. The van der Waals surface area contributed by atoms with Gasteiger partial charge in [0.05, 0.1) is 15.6 Å². The summed E-state index contributed by atoms with van der Waals surface area (Å²) in [7, 11) is -3.94. The maximum Gasteiger partial charge on any atom is 0.192 e. The Balaban J connectivity index is 6.35. The average molecular weight is 664 g/mol. The zero-order valence-electron chi connectivity index (χ0n) is 22.1. The van der Waals surface area contributed by atoms with Gasteiger partial charge in [0.15, 0.2) is 16.6 Å². The molecule has 0 unspecified atom stereocenters. The SMILES string of the molecule is C/C(=C\CBr)[C@H](C)[C@@H](O[Si](C)(C)C(C)(C)C)[C@@H](C)[C@@H](C=C(Br)Br)O[Si](C)(C)C(C)(C)C. The molecule has 0 amide bonds. The Hall–Kier alpha value is 1.27. The number of hydrogen-bond acceptors (Lipinski definition) is 2. The first-order valence-electron chi connectivity index (χ1n) is 11.3. The van der Waals surface area contributed by atoms with Gasteiger partial charge in [0.25, 0.3) is 0 Å². The molecule has 0 N–H and O–H groups in total. The highest BCUT2D eigenvalue weighted by atomic mass is 79.9. The lowest BCUT2D eigenvalue weighted by Crippen LogP contribution is -2.51. The first-order valence-corrected chi connectivity index (χ1v) is 19.8. The van der Waals surface area contributed by atoms with E-state index in [-0.39, 0.29) is 28.2 Å². The molecule has 0 rings (SSSR count). The summed E-state index contributed by atoms with van der Waals surface area (Å²) in [4.78, 5) is 0. The molecule has 0 aromatic carbocycles. The molecule has 0 aliphatic carbocycles. The molecule has 0 aromatic heterocycles. The first-order chi connectivity index (χ1) is 13.7. The van der Waals surface area contributed by atoms with Crippen LogP contribution in [0.25, 0.3) is 0 Å². The van der Waals surface area contributed by atoms with Gasteiger partial charge in [-0.1, -0.05) is 83.0 Å². The molecule has 184 valence electrons. The van der Waals surface area contributed by atoms with Crippen LogP contribution in [-0.2, 0) is 8.85 Å². The van der Waals surface area contributed by atoms with Gasteiger partial charge in [0.1, 0.15) is 0 Å². The highest BCUT2D eigenvalue weighted by Crippen LogP contribution is 2.43. The van der Waals surface area contributed by atoms with E-state index in [2.05, 4.69) is 148 Å². The molecule has 0 saturated carbocycles. The van der Waals surface area contributed by atoms with Gasteiger partial charge >= 0.3 is 0 Å². The van der Waals surface area contributed by atoms with Crippen LogP contribution in [0.1, 0.15) is 62.3 Å². The van der Waals surface area contributed by atoms with Crippen LogP contribution in [0.5, 0.6) is 0 Å². The number of rotatable bonds is 10. The van der Waals surface area contributed by atoms with Crippen molar-refractivity contribution in [3.8, 4) is 0 Å². The third-order valence-corrected chi connectivity index (χ3v) is 17.2. The molecular formula is C24H47Br3O2Si2. The quantitative estimate of drug-likeness (QED) is 0.132. The van der Waals surface area contributed by atoms with Crippen molar-refractivity contribution in [2.75, 3.05) is 5.33 Å². The van der Waals surface area contributed by atoms with Crippen LogP contribution in [0, 0.1) is 11.8 Å². The van der Waals surface area contributed by atoms with E-state index >= 15 is 0 Å². The van der Waals surface area contributed by atoms with Crippen molar-refractivity contribution < 1.29 is 8.85 Å². The van der Waals surface area contributed by atoms with Crippen LogP contribution >= 0.6 is 47.8 Å². The van der Waals surface area contributed by atoms with E-state index in [4.69, 9.17) is 8.85 Å². The van der Waals surface area contributed by atoms with Crippen molar-refractivity contribution >= 4 is 64.4 Å². The summed E-state index contributed by atoms with van der Waals surface area (Å²) < 4.78 is 15.0. The zero-order valence-corrected chi connectivity index (χ0v) is 28.9. The summed E-state index contributed by atoms with van der Waals surface area (Å²) in [5.74, 6) is 0.497. The van der Waals surface area contributed by atoms with E-state index in [1.165, 1.54) is 5.57 Å². The minimum absolute atomic E-state index is 0.0383. The minimum atomic E-state index is -1.97. The van der Waals surface area contributed by atoms with Crippen LogP contribution < -0.4 is 0 Å². The van der Waals surface area contributed by atoms with Crippen LogP contribution in [-0.4, -0.2) is 34.2 Å². The topological polar surface area (TPSA) is 18.5 Å². The lowest BCUT2D eigenvalue weighted by Gasteiger charge is -2.46. The Morgan fingerprint density at radius 2 is 1.29 bits per heavy atom. The average Bonchev–Trinajstić information content (AvgIpc) is 2.55. The fraction of sp³-hybridized carbons (Fsp3) is 0.833. The fourth-order valence-electron chi connectivity index (χ4n) is 2.87. The molecule has 0 aromatic rings. The highest BCUT2D eigenvalue weighted by Gasteiger charge is 2.45. The molecular weight excluding hydrogens is 616 g/mol. The van der Waals surface area contributed by atoms with Crippen LogP contribution in [0.3, 0.4) is 0 Å². The second kappa shape index (κ2) is 12.3. The number of allylic oxidation sites excluding steroid dienone is 1. The zero-order chi connectivity index (χ0) is 25.0. The Morgan fingerprint density at radius 3 is 1.65 bits per heavy atom. The predicted octanol–water partition coefficient (Wildman–Crippen LogP) is 10.0. The minimum Gasteiger partial charge on any atom is -0.413 e. The molecule has 0 aliphatic rings. The number of halogens is 3. The molecule has 0 fully saturated rings. The van der Waals surface area contributed by atoms with E-state index in [0.717, 1.165) is 8.72 Å². The predicted molar refractivity (Wildman–Crippen MR) is 156 cm³/mol. The van der Waals surface area contributed by atoms with Gasteiger partial charge in [-0.25, -0.2) is 0 Å². The van der Waals surface area contributed by atoms with Gasteiger partial charge in [-0.05, 0) is 81.1 Å². The van der Waals surface area contributed by atoms with Gasteiger partial charge < -0.3 is 8.85 Å². The van der Waals surface area contributed by atoms with Crippen molar-refractivity contribution in [1.82, 2.24) is 0 Å². The summed E-state index contributed by atoms with van der Waals surface area (Å²) in [6.07, 6.45) is 4.47. The lowest BCUT2D eigenvalue weighted by molar-refractivity contribution is 0.0336. The third kappa shape index (κ3) is 9.81. The monoisotopic (exact) mass is 660 g/mol. The fourth-order valence-corrected chi connectivity index (χ4v) is 6.67. The molecule has 4 atom stereocenters. The maximum absolute atomic E-state index is 7.11.